The molecule has 1 saturated carbocycles. The molecule has 3 aromatic heterocycles. The molecule has 1 aliphatic rings. The van der Waals surface area contributed by atoms with Crippen molar-refractivity contribution in [2.24, 2.45) is 0 Å². The Hall–Kier alpha value is -3.48. The van der Waals surface area contributed by atoms with Crippen LogP contribution in [0.3, 0.4) is 0 Å². The molecule has 0 radical (unpaired) electrons. The number of pyridine rings is 1. The summed E-state index contributed by atoms with van der Waals surface area (Å²) in [7, 11) is 0. The van der Waals surface area contributed by atoms with Gasteiger partial charge in [0, 0.05) is 17.7 Å². The third kappa shape index (κ3) is 2.63. The van der Waals surface area contributed by atoms with Gasteiger partial charge in [-0.05, 0) is 43.2 Å². The number of fused-ring (bicyclic) bond motifs is 1. The highest BCUT2D eigenvalue weighted by atomic mass is 16.5. The molecule has 7 heteroatoms. The normalized spacial score (nSPS) is 13.8. The van der Waals surface area contributed by atoms with Gasteiger partial charge < -0.3 is 14.3 Å². The highest BCUT2D eigenvalue weighted by Crippen LogP contribution is 2.40. The van der Waals surface area contributed by atoms with E-state index in [-0.39, 0.29) is 5.91 Å². The first-order valence-corrected chi connectivity index (χ1v) is 8.34. The minimum Gasteiger partial charge on any atom is -0.448 e. The lowest BCUT2D eigenvalue weighted by Crippen LogP contribution is -2.11. The van der Waals surface area contributed by atoms with Crippen molar-refractivity contribution >= 4 is 22.6 Å². The maximum absolute atomic E-state index is 12.5. The van der Waals surface area contributed by atoms with Gasteiger partial charge in [-0.1, -0.05) is 5.16 Å². The van der Waals surface area contributed by atoms with Gasteiger partial charge in [0.1, 0.15) is 17.7 Å². The molecule has 0 saturated heterocycles. The van der Waals surface area contributed by atoms with E-state index in [4.69, 9.17) is 8.94 Å². The quantitative estimate of drug-likeness (QED) is 0.600. The van der Waals surface area contributed by atoms with Crippen LogP contribution in [0.5, 0.6) is 0 Å². The van der Waals surface area contributed by atoms with Gasteiger partial charge in [0.2, 0.25) is 0 Å². The number of oxazole rings is 1. The van der Waals surface area contributed by atoms with Crippen LogP contribution >= 0.6 is 0 Å². The summed E-state index contributed by atoms with van der Waals surface area (Å²) in [6, 6.07) is 8.72. The molecule has 7 nitrogen and oxygen atoms in total. The van der Waals surface area contributed by atoms with Gasteiger partial charge in [-0.3, -0.25) is 9.78 Å². The standard InChI is InChI=1S/C19H14N4O3/c24-18(21-13-2-1-7-20-9-13)12-5-6-16-14(8-12)17(23-26-16)15-10-25-19(22-15)11-3-4-11/h1-2,5-11H,3-4H2,(H,21,24). The molecule has 1 aromatic carbocycles. The van der Waals surface area contributed by atoms with E-state index in [9.17, 15) is 4.79 Å². The zero-order chi connectivity index (χ0) is 17.5. The lowest BCUT2D eigenvalue weighted by Gasteiger charge is -2.04. The third-order valence-corrected chi connectivity index (χ3v) is 4.34. The number of carbonyl (C=O) groups excluding carboxylic acids is 1. The molecular weight excluding hydrogens is 332 g/mol. The maximum Gasteiger partial charge on any atom is 0.255 e. The number of anilines is 1. The minimum atomic E-state index is -0.231. The number of hydrogen-bond donors (Lipinski definition) is 1. The number of amides is 1. The molecule has 1 fully saturated rings. The summed E-state index contributed by atoms with van der Waals surface area (Å²) in [5.74, 6) is 0.926. The van der Waals surface area contributed by atoms with Crippen molar-refractivity contribution in [3.8, 4) is 11.4 Å². The van der Waals surface area contributed by atoms with Crippen molar-refractivity contribution in [1.29, 1.82) is 0 Å². The van der Waals surface area contributed by atoms with Crippen LogP contribution in [0.15, 0.2) is 57.9 Å². The third-order valence-electron chi connectivity index (χ3n) is 4.34. The van der Waals surface area contributed by atoms with Gasteiger partial charge in [-0.15, -0.1) is 0 Å². The SMILES string of the molecule is O=C(Nc1cccnc1)c1ccc2onc(-c3coc(C4CC4)n3)c2c1. The van der Waals surface area contributed by atoms with Crippen molar-refractivity contribution < 1.29 is 13.7 Å². The number of benzene rings is 1. The first kappa shape index (κ1) is 14.8. The van der Waals surface area contributed by atoms with E-state index in [0.717, 1.165) is 24.1 Å². The number of nitrogens with one attached hydrogen (secondary N) is 1. The fraction of sp³-hybridized carbons (Fsp3) is 0.158. The van der Waals surface area contributed by atoms with Gasteiger partial charge in [-0.25, -0.2) is 4.98 Å². The molecule has 3 heterocycles. The summed E-state index contributed by atoms with van der Waals surface area (Å²) in [6.45, 7) is 0. The molecule has 4 aromatic rings. The number of hydrogen-bond acceptors (Lipinski definition) is 6. The molecule has 5 rings (SSSR count). The number of carbonyl (C=O) groups is 1. The first-order valence-electron chi connectivity index (χ1n) is 8.34. The molecule has 0 atom stereocenters. The van der Waals surface area contributed by atoms with Crippen LogP contribution in [0.25, 0.3) is 22.4 Å². The van der Waals surface area contributed by atoms with E-state index >= 15 is 0 Å². The van der Waals surface area contributed by atoms with E-state index in [1.54, 1.807) is 49.0 Å². The van der Waals surface area contributed by atoms with Gasteiger partial charge in [0.25, 0.3) is 5.91 Å². The molecule has 128 valence electrons. The highest BCUT2D eigenvalue weighted by molar-refractivity contribution is 6.07. The second-order valence-electron chi connectivity index (χ2n) is 6.28. The zero-order valence-corrected chi connectivity index (χ0v) is 13.7. The largest absolute Gasteiger partial charge is 0.448 e. The number of aromatic nitrogens is 3. The Balaban J connectivity index is 1.49. The number of nitrogens with zero attached hydrogens (tertiary/aromatic N) is 3. The molecule has 0 bridgehead atoms. The van der Waals surface area contributed by atoms with Gasteiger partial charge in [0.05, 0.1) is 17.3 Å². The summed E-state index contributed by atoms with van der Waals surface area (Å²) in [5, 5.41) is 7.64. The lowest BCUT2D eigenvalue weighted by molar-refractivity contribution is 0.102. The molecule has 26 heavy (non-hydrogen) atoms. The topological polar surface area (TPSA) is 94.1 Å². The lowest BCUT2D eigenvalue weighted by atomic mass is 10.1. The predicted octanol–water partition coefficient (Wildman–Crippen LogP) is 4.01. The monoisotopic (exact) mass is 346 g/mol. The Morgan fingerprint density at radius 1 is 1.23 bits per heavy atom. The Kier molecular flexibility index (Phi) is 3.31. The van der Waals surface area contributed by atoms with Crippen molar-refractivity contribution in [1.82, 2.24) is 15.1 Å². The summed E-state index contributed by atoms with van der Waals surface area (Å²) in [5.41, 5.74) is 2.92. The molecule has 0 spiro atoms. The van der Waals surface area contributed by atoms with E-state index in [1.165, 1.54) is 0 Å². The highest BCUT2D eigenvalue weighted by Gasteiger charge is 2.29. The fourth-order valence-electron chi connectivity index (χ4n) is 2.82. The first-order chi connectivity index (χ1) is 12.8. The van der Waals surface area contributed by atoms with Crippen LogP contribution in [0.4, 0.5) is 5.69 Å². The second kappa shape index (κ2) is 5.80. The van der Waals surface area contributed by atoms with E-state index < -0.39 is 0 Å². The Morgan fingerprint density at radius 3 is 2.96 bits per heavy atom. The molecule has 0 aliphatic heterocycles. The van der Waals surface area contributed by atoms with Crippen molar-refractivity contribution in [2.45, 2.75) is 18.8 Å². The minimum absolute atomic E-state index is 0.231. The van der Waals surface area contributed by atoms with Crippen LogP contribution in [-0.2, 0) is 0 Å². The molecule has 0 unspecified atom stereocenters. The van der Waals surface area contributed by atoms with Crippen LogP contribution in [0.2, 0.25) is 0 Å². The zero-order valence-electron chi connectivity index (χ0n) is 13.7. The van der Waals surface area contributed by atoms with Crippen molar-refractivity contribution in [3.05, 3.63) is 60.4 Å². The average Bonchev–Trinajstić information content (AvgIpc) is 3.25. The Bertz CT molecular complexity index is 1100. The number of rotatable bonds is 4. The summed E-state index contributed by atoms with van der Waals surface area (Å²) >= 11 is 0. The van der Waals surface area contributed by atoms with Crippen LogP contribution in [0, 0.1) is 0 Å². The molecule has 1 N–H and O–H groups in total. The smallest absolute Gasteiger partial charge is 0.255 e. The molecule has 1 amide bonds. The molecule has 1 aliphatic carbocycles. The summed E-state index contributed by atoms with van der Waals surface area (Å²) < 4.78 is 10.9. The Morgan fingerprint density at radius 2 is 2.15 bits per heavy atom. The van der Waals surface area contributed by atoms with Gasteiger partial charge >= 0.3 is 0 Å². The van der Waals surface area contributed by atoms with Crippen molar-refractivity contribution in [3.63, 3.8) is 0 Å². The summed E-state index contributed by atoms with van der Waals surface area (Å²) in [4.78, 5) is 21.0. The average molecular weight is 346 g/mol. The maximum atomic E-state index is 12.5. The van der Waals surface area contributed by atoms with E-state index in [1.807, 2.05) is 0 Å². The van der Waals surface area contributed by atoms with Gasteiger partial charge in [0.15, 0.2) is 11.5 Å². The summed E-state index contributed by atoms with van der Waals surface area (Å²) in [6.07, 6.45) is 7.05. The Labute approximate surface area is 148 Å². The van der Waals surface area contributed by atoms with Crippen LogP contribution in [0.1, 0.15) is 35.0 Å². The second-order valence-corrected chi connectivity index (χ2v) is 6.28. The van der Waals surface area contributed by atoms with E-state index in [0.29, 0.717) is 34.1 Å². The van der Waals surface area contributed by atoms with Gasteiger partial charge in [-0.2, -0.15) is 0 Å². The van der Waals surface area contributed by atoms with Crippen LogP contribution in [-0.4, -0.2) is 21.0 Å². The van der Waals surface area contributed by atoms with E-state index in [2.05, 4.69) is 20.4 Å². The van der Waals surface area contributed by atoms with Crippen LogP contribution < -0.4 is 5.32 Å². The predicted molar refractivity (Wildman–Crippen MR) is 93.7 cm³/mol. The van der Waals surface area contributed by atoms with Crippen molar-refractivity contribution in [2.75, 3.05) is 5.32 Å². The molecular formula is C19H14N4O3. The fourth-order valence-corrected chi connectivity index (χ4v) is 2.82.